The summed E-state index contributed by atoms with van der Waals surface area (Å²) in [6.07, 6.45) is 2.90. The zero-order valence-electron chi connectivity index (χ0n) is 16.4. The van der Waals surface area contributed by atoms with Gasteiger partial charge in [-0.3, -0.25) is 9.48 Å². The fraction of sp³-hybridized carbons (Fsp3) is 0.273. The largest absolute Gasteiger partial charge is 0.381 e. The van der Waals surface area contributed by atoms with Crippen molar-refractivity contribution in [2.24, 2.45) is 13.0 Å². The Morgan fingerprint density at radius 2 is 1.87 bits per heavy atom. The Labute approximate surface area is 177 Å². The predicted octanol–water partition coefficient (Wildman–Crippen LogP) is 4.88. The van der Waals surface area contributed by atoms with E-state index in [4.69, 9.17) is 4.74 Å². The smallest absolute Gasteiger partial charge is 0.227 e. The summed E-state index contributed by atoms with van der Waals surface area (Å²) < 4.78 is 36.4. The normalized spacial score (nSPS) is 14.6. The number of nitrogens with one attached hydrogen (secondary N) is 1. The van der Waals surface area contributed by atoms with E-state index >= 15 is 0 Å². The van der Waals surface area contributed by atoms with E-state index < -0.39 is 11.6 Å². The number of ether oxygens (including phenoxy) is 1. The maximum atomic E-state index is 15.0. The molecule has 0 bridgehead atoms. The lowest BCUT2D eigenvalue weighted by Crippen LogP contribution is -2.28. The van der Waals surface area contributed by atoms with Crippen LogP contribution in [0.25, 0.3) is 11.3 Å². The number of carbonyl (C=O) groups excluding carboxylic acids is 1. The minimum absolute atomic E-state index is 0.0121. The minimum Gasteiger partial charge on any atom is -0.381 e. The van der Waals surface area contributed by atoms with E-state index in [-0.39, 0.29) is 22.4 Å². The van der Waals surface area contributed by atoms with Gasteiger partial charge in [-0.1, -0.05) is 23.9 Å². The molecule has 156 valence electrons. The summed E-state index contributed by atoms with van der Waals surface area (Å²) >= 11 is 0.984. The molecule has 1 N–H and O–H groups in total. The van der Waals surface area contributed by atoms with E-state index in [0.29, 0.717) is 31.0 Å². The molecule has 1 aliphatic rings. The third-order valence-electron chi connectivity index (χ3n) is 5.09. The molecule has 1 aliphatic heterocycles. The van der Waals surface area contributed by atoms with Crippen molar-refractivity contribution in [1.82, 2.24) is 9.78 Å². The Hall–Kier alpha value is -2.71. The lowest BCUT2D eigenvalue weighted by atomic mass is 9.99. The second kappa shape index (κ2) is 8.97. The number of rotatable bonds is 5. The number of carbonyl (C=O) groups is 1. The molecule has 2 aromatic carbocycles. The molecule has 30 heavy (non-hydrogen) atoms. The number of anilines is 1. The molecule has 0 atom stereocenters. The molecule has 0 aliphatic carbocycles. The van der Waals surface area contributed by atoms with Crippen molar-refractivity contribution < 1.29 is 18.3 Å². The average Bonchev–Trinajstić information content (AvgIpc) is 3.20. The van der Waals surface area contributed by atoms with Crippen LogP contribution in [0.3, 0.4) is 0 Å². The van der Waals surface area contributed by atoms with Crippen molar-refractivity contribution in [3.8, 4) is 11.3 Å². The summed E-state index contributed by atoms with van der Waals surface area (Å²) in [6.45, 7) is 1.03. The maximum absolute atomic E-state index is 15.0. The van der Waals surface area contributed by atoms with Crippen LogP contribution < -0.4 is 5.32 Å². The minimum atomic E-state index is -0.767. The standard InChI is InChI=1S/C22H21F2N3O2S/c1-27-19(8-11-25-27)14-2-4-16(5-3-14)30-21-17(23)6-7-18(20(21)24)26-22(28)15-9-12-29-13-10-15/h2-8,11,15H,9-10,12-13H2,1H3,(H,26,28). The summed E-state index contributed by atoms with van der Waals surface area (Å²) in [4.78, 5) is 13.0. The zero-order valence-corrected chi connectivity index (χ0v) is 17.2. The van der Waals surface area contributed by atoms with Crippen LogP contribution in [0.4, 0.5) is 14.5 Å². The number of hydrogen-bond acceptors (Lipinski definition) is 4. The highest BCUT2D eigenvalue weighted by Gasteiger charge is 2.24. The first kappa shape index (κ1) is 20.6. The molecule has 2 heterocycles. The number of hydrogen-bond donors (Lipinski definition) is 1. The van der Waals surface area contributed by atoms with Crippen LogP contribution in [0.1, 0.15) is 12.8 Å². The molecule has 0 spiro atoms. The Morgan fingerprint density at radius 3 is 2.53 bits per heavy atom. The van der Waals surface area contributed by atoms with Crippen LogP contribution in [0, 0.1) is 17.6 Å². The fourth-order valence-electron chi connectivity index (χ4n) is 3.39. The summed E-state index contributed by atoms with van der Waals surface area (Å²) in [5, 5.41) is 6.75. The molecule has 1 aromatic heterocycles. The number of aromatic nitrogens is 2. The number of amides is 1. The van der Waals surface area contributed by atoms with Crippen LogP contribution in [-0.4, -0.2) is 28.9 Å². The van der Waals surface area contributed by atoms with Crippen molar-refractivity contribution >= 4 is 23.4 Å². The van der Waals surface area contributed by atoms with Crippen LogP contribution >= 0.6 is 11.8 Å². The second-order valence-electron chi connectivity index (χ2n) is 7.08. The zero-order chi connectivity index (χ0) is 21.1. The van der Waals surface area contributed by atoms with E-state index in [0.717, 1.165) is 23.0 Å². The highest BCUT2D eigenvalue weighted by atomic mass is 32.2. The maximum Gasteiger partial charge on any atom is 0.227 e. The first-order valence-corrected chi connectivity index (χ1v) is 10.5. The summed E-state index contributed by atoms with van der Waals surface area (Å²) in [5.74, 6) is -1.92. The van der Waals surface area contributed by atoms with Crippen LogP contribution in [-0.2, 0) is 16.6 Å². The molecule has 4 rings (SSSR count). The van der Waals surface area contributed by atoms with Crippen molar-refractivity contribution in [1.29, 1.82) is 0 Å². The van der Waals surface area contributed by atoms with Gasteiger partial charge in [0.2, 0.25) is 5.91 Å². The molecule has 1 amide bonds. The lowest BCUT2D eigenvalue weighted by Gasteiger charge is -2.21. The number of halogens is 2. The van der Waals surface area contributed by atoms with E-state index in [1.165, 1.54) is 12.1 Å². The van der Waals surface area contributed by atoms with Gasteiger partial charge in [-0.2, -0.15) is 5.10 Å². The van der Waals surface area contributed by atoms with Crippen molar-refractivity contribution in [3.63, 3.8) is 0 Å². The molecule has 1 saturated heterocycles. The highest BCUT2D eigenvalue weighted by Crippen LogP contribution is 2.36. The average molecular weight is 429 g/mol. The number of aryl methyl sites for hydroxylation is 1. The van der Waals surface area contributed by atoms with Crippen molar-refractivity contribution in [3.05, 3.63) is 60.3 Å². The summed E-state index contributed by atoms with van der Waals surface area (Å²) in [7, 11) is 1.85. The topological polar surface area (TPSA) is 56.2 Å². The molecule has 0 unspecified atom stereocenters. The molecule has 5 nitrogen and oxygen atoms in total. The van der Waals surface area contributed by atoms with Crippen LogP contribution in [0.2, 0.25) is 0 Å². The Balaban J connectivity index is 1.52. The molecular weight excluding hydrogens is 408 g/mol. The van der Waals surface area contributed by atoms with E-state index in [2.05, 4.69) is 10.4 Å². The van der Waals surface area contributed by atoms with Gasteiger partial charge < -0.3 is 10.1 Å². The first-order valence-electron chi connectivity index (χ1n) is 9.66. The van der Waals surface area contributed by atoms with Gasteiger partial charge in [0.05, 0.1) is 16.3 Å². The van der Waals surface area contributed by atoms with Crippen molar-refractivity contribution in [2.75, 3.05) is 18.5 Å². The molecule has 0 radical (unpaired) electrons. The quantitative estimate of drug-likeness (QED) is 0.628. The third-order valence-corrected chi connectivity index (χ3v) is 6.18. The Bertz CT molecular complexity index is 1050. The van der Waals surface area contributed by atoms with Crippen LogP contribution in [0.5, 0.6) is 0 Å². The lowest BCUT2D eigenvalue weighted by molar-refractivity contribution is -0.122. The van der Waals surface area contributed by atoms with E-state index in [9.17, 15) is 13.6 Å². The predicted molar refractivity (Wildman–Crippen MR) is 111 cm³/mol. The Morgan fingerprint density at radius 1 is 1.13 bits per heavy atom. The molecular formula is C22H21F2N3O2S. The van der Waals surface area contributed by atoms with Gasteiger partial charge >= 0.3 is 0 Å². The van der Waals surface area contributed by atoms with Gasteiger partial charge in [0, 0.05) is 37.3 Å². The number of benzene rings is 2. The van der Waals surface area contributed by atoms with Gasteiger partial charge in [-0.25, -0.2) is 8.78 Å². The Kier molecular flexibility index (Phi) is 6.15. The van der Waals surface area contributed by atoms with Gasteiger partial charge in [-0.05, 0) is 48.7 Å². The molecule has 1 fully saturated rings. The monoisotopic (exact) mass is 429 g/mol. The third kappa shape index (κ3) is 4.39. The van der Waals surface area contributed by atoms with Gasteiger partial charge in [0.15, 0.2) is 5.82 Å². The molecule has 8 heteroatoms. The first-order chi connectivity index (χ1) is 14.5. The van der Waals surface area contributed by atoms with Gasteiger partial charge in [0.25, 0.3) is 0 Å². The fourth-order valence-corrected chi connectivity index (χ4v) is 4.26. The van der Waals surface area contributed by atoms with E-state index in [1.807, 2.05) is 25.2 Å². The SMILES string of the molecule is Cn1nccc1-c1ccc(Sc2c(F)ccc(NC(=O)C3CCOCC3)c2F)cc1. The number of nitrogens with zero attached hydrogens (tertiary/aromatic N) is 2. The summed E-state index contributed by atoms with van der Waals surface area (Å²) in [5.41, 5.74) is 1.89. The van der Waals surface area contributed by atoms with E-state index in [1.54, 1.807) is 23.0 Å². The van der Waals surface area contributed by atoms with Crippen molar-refractivity contribution in [2.45, 2.75) is 22.6 Å². The van der Waals surface area contributed by atoms with Gasteiger partial charge in [-0.15, -0.1) is 0 Å². The second-order valence-corrected chi connectivity index (χ2v) is 8.16. The van der Waals surface area contributed by atoms with Gasteiger partial charge in [0.1, 0.15) is 5.82 Å². The van der Waals surface area contributed by atoms with Crippen LogP contribution in [0.15, 0.2) is 58.5 Å². The molecule has 0 saturated carbocycles. The molecule has 3 aromatic rings. The highest BCUT2D eigenvalue weighted by molar-refractivity contribution is 7.99. The summed E-state index contributed by atoms with van der Waals surface area (Å²) in [6, 6.07) is 11.7.